The largest absolute Gasteiger partial charge is 0.301 e. The van der Waals surface area contributed by atoms with Crippen LogP contribution < -0.4 is 5.32 Å². The summed E-state index contributed by atoms with van der Waals surface area (Å²) in [4.78, 5) is 0. The molecule has 0 aromatic heterocycles. The van der Waals surface area contributed by atoms with Crippen molar-refractivity contribution >= 4 is 0 Å². The maximum absolute atomic E-state index is 5.26. The summed E-state index contributed by atoms with van der Waals surface area (Å²) in [5.74, 6) is 4.40. The van der Waals surface area contributed by atoms with Gasteiger partial charge in [0.15, 0.2) is 0 Å². The summed E-state index contributed by atoms with van der Waals surface area (Å²) in [6.07, 6.45) is 12.0. The van der Waals surface area contributed by atoms with Gasteiger partial charge < -0.3 is 5.32 Å². The molecule has 15 heavy (non-hydrogen) atoms. The Morgan fingerprint density at radius 3 is 2.93 bits per heavy atom. The highest BCUT2D eigenvalue weighted by molar-refractivity contribution is 5.08. The molecule has 0 spiro atoms. The van der Waals surface area contributed by atoms with Crippen molar-refractivity contribution in [3.8, 4) is 12.3 Å². The first-order chi connectivity index (χ1) is 7.12. The topological polar surface area (TPSA) is 12.0 Å². The molecular weight excluding hydrogens is 182 g/mol. The van der Waals surface area contributed by atoms with Crippen LogP contribution in [0, 0.1) is 24.2 Å². The Kier molecular flexibility index (Phi) is 4.67. The van der Waals surface area contributed by atoms with Gasteiger partial charge in [0.2, 0.25) is 0 Å². The van der Waals surface area contributed by atoms with Crippen LogP contribution in [-0.2, 0) is 0 Å². The van der Waals surface area contributed by atoms with Crippen molar-refractivity contribution in [1.82, 2.24) is 5.32 Å². The maximum Gasteiger partial charge on any atom is 0.0578 e. The number of rotatable bonds is 7. The molecule has 1 fully saturated rings. The Bertz CT molecular complexity index is 228. The van der Waals surface area contributed by atoms with Crippen LogP contribution in [-0.4, -0.2) is 12.1 Å². The van der Waals surface area contributed by atoms with Gasteiger partial charge in [-0.1, -0.05) is 39.0 Å². The maximum atomic E-state index is 5.26. The highest BCUT2D eigenvalue weighted by atomic mass is 15.0. The Labute approximate surface area is 95.0 Å². The minimum absolute atomic E-state index is 0.354. The number of hydrogen-bond donors (Lipinski definition) is 1. The van der Waals surface area contributed by atoms with Crippen molar-refractivity contribution in [2.24, 2.45) is 11.8 Å². The molecule has 1 aliphatic carbocycles. The van der Waals surface area contributed by atoms with Crippen LogP contribution in [0.5, 0.6) is 0 Å². The lowest BCUT2D eigenvalue weighted by Gasteiger charge is -2.15. The summed E-state index contributed by atoms with van der Waals surface area (Å²) >= 11 is 0. The van der Waals surface area contributed by atoms with E-state index in [9.17, 15) is 0 Å². The quantitative estimate of drug-likeness (QED) is 0.632. The van der Waals surface area contributed by atoms with Gasteiger partial charge in [-0.15, -0.1) is 6.42 Å². The van der Waals surface area contributed by atoms with Crippen molar-refractivity contribution in [1.29, 1.82) is 0 Å². The molecule has 0 amide bonds. The second-order valence-corrected chi connectivity index (χ2v) is 5.36. The molecule has 0 saturated heterocycles. The van der Waals surface area contributed by atoms with Crippen molar-refractivity contribution in [3.63, 3.8) is 0 Å². The van der Waals surface area contributed by atoms with Gasteiger partial charge in [0, 0.05) is 5.54 Å². The fraction of sp³-hybridized carbons (Fsp3) is 0.857. The van der Waals surface area contributed by atoms with Gasteiger partial charge in [0.25, 0.3) is 0 Å². The molecule has 0 radical (unpaired) electrons. The Balaban J connectivity index is 2.17. The van der Waals surface area contributed by atoms with Gasteiger partial charge >= 0.3 is 0 Å². The van der Waals surface area contributed by atoms with Gasteiger partial charge in [-0.2, -0.15) is 0 Å². The van der Waals surface area contributed by atoms with E-state index in [0.29, 0.717) is 5.54 Å². The van der Waals surface area contributed by atoms with E-state index in [2.05, 4.69) is 32.0 Å². The van der Waals surface area contributed by atoms with Crippen LogP contribution in [0.3, 0.4) is 0 Å². The molecule has 1 aliphatic rings. The van der Waals surface area contributed by atoms with Gasteiger partial charge in [0.1, 0.15) is 0 Å². The van der Waals surface area contributed by atoms with Gasteiger partial charge in [0.05, 0.1) is 6.54 Å². The molecule has 0 aromatic carbocycles. The second-order valence-electron chi connectivity index (χ2n) is 5.36. The lowest BCUT2D eigenvalue weighted by atomic mass is 9.96. The van der Waals surface area contributed by atoms with E-state index in [1.807, 2.05) is 0 Å². The van der Waals surface area contributed by atoms with Gasteiger partial charge in [-0.25, -0.2) is 0 Å². The third kappa shape index (κ3) is 3.87. The molecule has 0 aromatic rings. The summed E-state index contributed by atoms with van der Waals surface area (Å²) in [6.45, 7) is 7.68. The van der Waals surface area contributed by atoms with Crippen LogP contribution in [0.1, 0.15) is 52.9 Å². The molecule has 3 atom stereocenters. The van der Waals surface area contributed by atoms with Crippen LogP contribution >= 0.6 is 0 Å². The molecule has 1 N–H and O–H groups in total. The predicted molar refractivity (Wildman–Crippen MR) is 66.7 cm³/mol. The number of hydrogen-bond acceptors (Lipinski definition) is 1. The Hall–Kier alpha value is -0.480. The van der Waals surface area contributed by atoms with Crippen LogP contribution in [0.2, 0.25) is 0 Å². The molecule has 0 heterocycles. The molecular formula is C14H25N. The zero-order chi connectivity index (χ0) is 11.3. The summed E-state index contributed by atoms with van der Waals surface area (Å²) < 4.78 is 0. The molecule has 86 valence electrons. The SMILES string of the molecule is C#CCNC1(C)CC1CC(C)CCCC. The zero-order valence-electron chi connectivity index (χ0n) is 10.5. The minimum Gasteiger partial charge on any atom is -0.301 e. The minimum atomic E-state index is 0.354. The van der Waals surface area contributed by atoms with Gasteiger partial charge in [-0.05, 0) is 31.6 Å². The highest BCUT2D eigenvalue weighted by Gasteiger charge is 2.49. The average molecular weight is 207 g/mol. The Morgan fingerprint density at radius 1 is 1.60 bits per heavy atom. The summed E-state index contributed by atoms with van der Waals surface area (Å²) in [6, 6.07) is 0. The van der Waals surface area contributed by atoms with E-state index in [-0.39, 0.29) is 0 Å². The predicted octanol–water partition coefficient (Wildman–Crippen LogP) is 3.20. The van der Waals surface area contributed by atoms with Crippen molar-refractivity contribution < 1.29 is 0 Å². The third-order valence-electron chi connectivity index (χ3n) is 3.74. The molecule has 1 saturated carbocycles. The zero-order valence-corrected chi connectivity index (χ0v) is 10.5. The number of terminal acetylenes is 1. The second kappa shape index (κ2) is 5.56. The molecule has 1 rings (SSSR count). The van der Waals surface area contributed by atoms with Crippen LogP contribution in [0.15, 0.2) is 0 Å². The van der Waals surface area contributed by atoms with Crippen molar-refractivity contribution in [2.75, 3.05) is 6.54 Å². The summed E-state index contributed by atoms with van der Waals surface area (Å²) in [5.41, 5.74) is 0.354. The van der Waals surface area contributed by atoms with Crippen molar-refractivity contribution in [3.05, 3.63) is 0 Å². The fourth-order valence-electron chi connectivity index (χ4n) is 2.42. The molecule has 1 nitrogen and oxygen atoms in total. The first-order valence-corrected chi connectivity index (χ1v) is 6.31. The van der Waals surface area contributed by atoms with Crippen LogP contribution in [0.4, 0.5) is 0 Å². The Morgan fingerprint density at radius 2 is 2.33 bits per heavy atom. The lowest BCUT2D eigenvalue weighted by molar-refractivity contribution is 0.406. The van der Waals surface area contributed by atoms with Crippen molar-refractivity contribution in [2.45, 2.75) is 58.4 Å². The van der Waals surface area contributed by atoms with E-state index in [4.69, 9.17) is 6.42 Å². The molecule has 0 bridgehead atoms. The van der Waals surface area contributed by atoms with E-state index in [1.54, 1.807) is 0 Å². The number of nitrogens with one attached hydrogen (secondary N) is 1. The first kappa shape index (κ1) is 12.6. The normalized spacial score (nSPS) is 30.9. The first-order valence-electron chi connectivity index (χ1n) is 6.31. The van der Waals surface area contributed by atoms with Gasteiger partial charge in [-0.3, -0.25) is 0 Å². The molecule has 1 heteroatoms. The lowest BCUT2D eigenvalue weighted by Crippen LogP contribution is -2.30. The van der Waals surface area contributed by atoms with Crippen LogP contribution in [0.25, 0.3) is 0 Å². The summed E-state index contributed by atoms with van der Waals surface area (Å²) in [7, 11) is 0. The number of unbranched alkanes of at least 4 members (excludes halogenated alkanes) is 1. The molecule has 0 aliphatic heterocycles. The van der Waals surface area contributed by atoms with E-state index in [1.165, 1.54) is 32.1 Å². The fourth-order valence-corrected chi connectivity index (χ4v) is 2.42. The van der Waals surface area contributed by atoms with E-state index in [0.717, 1.165) is 18.4 Å². The average Bonchev–Trinajstić information content (AvgIpc) is 2.84. The summed E-state index contributed by atoms with van der Waals surface area (Å²) in [5, 5.41) is 3.46. The molecule has 3 unspecified atom stereocenters. The standard InChI is InChI=1S/C14H25N/c1-5-7-8-12(3)10-13-11-14(13,4)15-9-6-2/h2,12-13,15H,5,7-11H2,1,3-4H3. The highest BCUT2D eigenvalue weighted by Crippen LogP contribution is 2.47. The monoisotopic (exact) mass is 207 g/mol. The smallest absolute Gasteiger partial charge is 0.0578 e. The third-order valence-corrected chi connectivity index (χ3v) is 3.74. The van der Waals surface area contributed by atoms with E-state index < -0.39 is 0 Å². The van der Waals surface area contributed by atoms with E-state index >= 15 is 0 Å².